The molecule has 0 saturated carbocycles. The van der Waals surface area contributed by atoms with Crippen LogP contribution in [0.15, 0.2) is 60.0 Å². The molecule has 2 aromatic carbocycles. The van der Waals surface area contributed by atoms with Crippen LogP contribution in [0.3, 0.4) is 0 Å². The number of morpholine rings is 1. The number of aliphatic hydroxyl groups is 1. The van der Waals surface area contributed by atoms with E-state index in [0.717, 1.165) is 17.1 Å². The average Bonchev–Trinajstić information content (AvgIpc) is 3.48. The van der Waals surface area contributed by atoms with Crippen molar-refractivity contribution in [3.8, 4) is 11.1 Å². The van der Waals surface area contributed by atoms with Gasteiger partial charge in [-0.2, -0.15) is 26.3 Å². The second-order valence-corrected chi connectivity index (χ2v) is 12.6. The molecule has 4 heterocycles. The van der Waals surface area contributed by atoms with Crippen molar-refractivity contribution >= 4 is 17.5 Å². The number of carbonyl (C=O) groups excluding carboxylic acids is 2. The van der Waals surface area contributed by atoms with E-state index in [-0.39, 0.29) is 47.5 Å². The van der Waals surface area contributed by atoms with Crippen molar-refractivity contribution in [2.24, 2.45) is 0 Å². The summed E-state index contributed by atoms with van der Waals surface area (Å²) in [6, 6.07) is 6.26. The van der Waals surface area contributed by atoms with E-state index >= 15 is 8.78 Å². The Kier molecular flexibility index (Phi) is 9.58. The van der Waals surface area contributed by atoms with Crippen molar-refractivity contribution in [2.45, 2.75) is 50.7 Å². The van der Waals surface area contributed by atoms with Gasteiger partial charge >= 0.3 is 12.4 Å². The van der Waals surface area contributed by atoms with E-state index in [1.807, 2.05) is 4.90 Å². The molecule has 3 aromatic rings. The maximum Gasteiger partial charge on any atom is 0.433 e. The van der Waals surface area contributed by atoms with Gasteiger partial charge in [0, 0.05) is 60.3 Å². The zero-order chi connectivity index (χ0) is 36.9. The third-order valence-electron chi connectivity index (χ3n) is 9.34. The van der Waals surface area contributed by atoms with Crippen LogP contribution < -0.4 is 5.32 Å². The van der Waals surface area contributed by atoms with Crippen molar-refractivity contribution in [3.63, 3.8) is 0 Å². The van der Waals surface area contributed by atoms with Crippen LogP contribution in [0.2, 0.25) is 0 Å². The minimum absolute atomic E-state index is 0.0994. The number of carbonyl (C=O) groups is 2. The second kappa shape index (κ2) is 13.5. The lowest BCUT2D eigenvalue weighted by atomic mass is 9.90. The normalized spacial score (nSPS) is 20.6. The van der Waals surface area contributed by atoms with Gasteiger partial charge in [-0.15, -0.1) is 0 Å². The van der Waals surface area contributed by atoms with Crippen molar-refractivity contribution in [3.05, 3.63) is 94.0 Å². The zero-order valence-corrected chi connectivity index (χ0v) is 27.0. The average molecular weight is 726 g/mol. The Morgan fingerprint density at radius 2 is 1.61 bits per heavy atom. The van der Waals surface area contributed by atoms with Gasteiger partial charge in [0.25, 0.3) is 11.8 Å². The highest BCUT2D eigenvalue weighted by atomic mass is 19.4. The number of hydrogen-bond donors (Lipinski definition) is 2. The topological polar surface area (TPSA) is 98.2 Å². The molecule has 1 atom stereocenters. The molecule has 0 radical (unpaired) electrons. The van der Waals surface area contributed by atoms with Crippen molar-refractivity contribution < 1.29 is 54.6 Å². The highest BCUT2D eigenvalue weighted by Gasteiger charge is 2.53. The highest BCUT2D eigenvalue weighted by molar-refractivity contribution is 6.24. The molecule has 0 spiro atoms. The predicted molar refractivity (Wildman–Crippen MR) is 165 cm³/mol. The van der Waals surface area contributed by atoms with E-state index in [2.05, 4.69) is 10.3 Å². The standard InChI is InChI=1S/C34H31F8N5O4/c1-32-9-2-10-47(32)46(18-21-4-3-20(27(35)28(21)36)17-45-11-13-51-14-12-45)31(50)26(29(32)48)30(49)44-24-7-6-22(33(37,38)39)15-23(24)19-5-8-25(43-16-19)34(40,41)42/h3-8,15-16,48H,2,9-14,17-18H2,1H3,(H,44,49). The fourth-order valence-corrected chi connectivity index (χ4v) is 6.56. The predicted octanol–water partition coefficient (Wildman–Crippen LogP) is 6.46. The van der Waals surface area contributed by atoms with E-state index in [1.165, 1.54) is 17.1 Å². The second-order valence-electron chi connectivity index (χ2n) is 12.6. The van der Waals surface area contributed by atoms with Gasteiger partial charge in [-0.05, 0) is 44.0 Å². The zero-order valence-electron chi connectivity index (χ0n) is 27.0. The summed E-state index contributed by atoms with van der Waals surface area (Å²) < 4.78 is 116. The molecule has 272 valence electrons. The quantitative estimate of drug-likeness (QED) is 0.213. The molecule has 3 aliphatic heterocycles. The molecule has 1 unspecified atom stereocenters. The number of hydrazine groups is 1. The van der Waals surface area contributed by atoms with Crippen LogP contribution in [0, 0.1) is 11.6 Å². The molecule has 2 fully saturated rings. The lowest BCUT2D eigenvalue weighted by molar-refractivity contribution is -0.160. The lowest BCUT2D eigenvalue weighted by Gasteiger charge is -2.46. The van der Waals surface area contributed by atoms with Gasteiger partial charge < -0.3 is 15.2 Å². The Morgan fingerprint density at radius 3 is 2.22 bits per heavy atom. The number of halogens is 8. The van der Waals surface area contributed by atoms with Gasteiger partial charge in [-0.25, -0.2) is 13.8 Å². The summed E-state index contributed by atoms with van der Waals surface area (Å²) >= 11 is 0. The monoisotopic (exact) mass is 725 g/mol. The molecule has 51 heavy (non-hydrogen) atoms. The lowest BCUT2D eigenvalue weighted by Crippen LogP contribution is -2.60. The van der Waals surface area contributed by atoms with Crippen LogP contribution in [-0.4, -0.2) is 75.2 Å². The number of pyridine rings is 1. The van der Waals surface area contributed by atoms with E-state index in [1.54, 1.807) is 6.92 Å². The van der Waals surface area contributed by atoms with Gasteiger partial charge in [0.05, 0.1) is 30.9 Å². The van der Waals surface area contributed by atoms with Gasteiger partial charge in [0.15, 0.2) is 11.6 Å². The number of ether oxygens (including phenoxy) is 1. The Hall–Kier alpha value is -4.61. The molecule has 0 bridgehead atoms. The summed E-state index contributed by atoms with van der Waals surface area (Å²) in [6.45, 7) is 3.35. The number of amides is 2. The summed E-state index contributed by atoms with van der Waals surface area (Å²) in [5, 5.41) is 16.2. The summed E-state index contributed by atoms with van der Waals surface area (Å²) in [7, 11) is 0. The molecule has 2 N–H and O–H groups in total. The van der Waals surface area contributed by atoms with E-state index in [0.29, 0.717) is 57.1 Å². The number of nitrogens with one attached hydrogen (secondary N) is 1. The first kappa shape index (κ1) is 36.2. The number of aromatic nitrogens is 1. The number of hydrogen-bond acceptors (Lipinski definition) is 7. The van der Waals surface area contributed by atoms with Gasteiger partial charge in [-0.3, -0.25) is 24.5 Å². The number of alkyl halides is 6. The molecule has 6 rings (SSSR count). The molecule has 2 amide bonds. The van der Waals surface area contributed by atoms with Crippen LogP contribution in [0.25, 0.3) is 11.1 Å². The summed E-state index contributed by atoms with van der Waals surface area (Å²) in [4.78, 5) is 33.0. The molecule has 2 saturated heterocycles. The number of anilines is 1. The highest BCUT2D eigenvalue weighted by Crippen LogP contribution is 2.43. The third-order valence-corrected chi connectivity index (χ3v) is 9.34. The molecule has 1 aromatic heterocycles. The number of rotatable bonds is 7. The Morgan fingerprint density at radius 1 is 0.941 bits per heavy atom. The van der Waals surface area contributed by atoms with Crippen LogP contribution in [-0.2, 0) is 39.8 Å². The molecule has 17 heteroatoms. The molecule has 0 aliphatic carbocycles. The minimum atomic E-state index is -4.87. The first-order chi connectivity index (χ1) is 24.0. The van der Waals surface area contributed by atoms with Crippen LogP contribution in [0.5, 0.6) is 0 Å². The van der Waals surface area contributed by atoms with Gasteiger partial charge in [-0.1, -0.05) is 18.2 Å². The fourth-order valence-electron chi connectivity index (χ4n) is 6.56. The summed E-state index contributed by atoms with van der Waals surface area (Å²) in [5.74, 6) is -5.28. The van der Waals surface area contributed by atoms with Gasteiger partial charge in [0.1, 0.15) is 17.0 Å². The van der Waals surface area contributed by atoms with E-state index in [9.17, 15) is 41.0 Å². The third kappa shape index (κ3) is 7.01. The molecule has 3 aliphatic rings. The van der Waals surface area contributed by atoms with Crippen LogP contribution >= 0.6 is 0 Å². The number of nitrogens with zero attached hydrogens (tertiary/aromatic N) is 4. The fraction of sp³-hybridized carbons (Fsp3) is 0.382. The number of benzene rings is 2. The van der Waals surface area contributed by atoms with E-state index < -0.39 is 70.5 Å². The molecular weight excluding hydrogens is 694 g/mol. The van der Waals surface area contributed by atoms with Crippen molar-refractivity contribution in [1.82, 2.24) is 19.9 Å². The van der Waals surface area contributed by atoms with E-state index in [4.69, 9.17) is 4.74 Å². The molecular formula is C34H31F8N5O4. The van der Waals surface area contributed by atoms with Crippen molar-refractivity contribution in [2.75, 3.05) is 38.2 Å². The Labute approximate surface area is 286 Å². The van der Waals surface area contributed by atoms with Crippen LogP contribution in [0.1, 0.15) is 42.1 Å². The largest absolute Gasteiger partial charge is 0.509 e. The number of fused-ring (bicyclic) bond motifs is 1. The Bertz CT molecular complexity index is 1880. The molecule has 9 nitrogen and oxygen atoms in total. The SMILES string of the molecule is CC12CCCN1N(Cc1ccc(CN3CCOCC3)c(F)c1F)C(=O)C(C(=O)Nc1ccc(C(F)(F)F)cc1-c1ccc(C(F)(F)F)nc1)=C2O. The Balaban J connectivity index is 1.32. The summed E-state index contributed by atoms with van der Waals surface area (Å²) in [5.41, 5.74) is -5.66. The van der Waals surface area contributed by atoms with Gasteiger partial charge in [0.2, 0.25) is 0 Å². The minimum Gasteiger partial charge on any atom is -0.509 e. The maximum atomic E-state index is 15.5. The first-order valence-corrected chi connectivity index (χ1v) is 15.8. The number of aliphatic hydroxyl groups excluding tert-OH is 1. The maximum absolute atomic E-state index is 15.5. The van der Waals surface area contributed by atoms with Crippen LogP contribution in [0.4, 0.5) is 40.8 Å². The first-order valence-electron chi connectivity index (χ1n) is 15.8. The summed E-state index contributed by atoms with van der Waals surface area (Å²) in [6.07, 6.45) is -8.32. The van der Waals surface area contributed by atoms with Crippen molar-refractivity contribution in [1.29, 1.82) is 0 Å². The smallest absolute Gasteiger partial charge is 0.433 e.